The van der Waals surface area contributed by atoms with Crippen molar-refractivity contribution in [2.24, 2.45) is 5.73 Å². The van der Waals surface area contributed by atoms with Gasteiger partial charge in [0.2, 0.25) is 0 Å². The second kappa shape index (κ2) is 9.29. The zero-order valence-corrected chi connectivity index (χ0v) is 18.0. The van der Waals surface area contributed by atoms with Gasteiger partial charge in [0.15, 0.2) is 0 Å². The third-order valence-corrected chi connectivity index (χ3v) is 5.68. The Balaban J connectivity index is 1.75. The van der Waals surface area contributed by atoms with Crippen LogP contribution >= 0.6 is 11.6 Å². The average Bonchev–Trinajstić information content (AvgIpc) is 2.75. The zero-order chi connectivity index (χ0) is 21.0. The number of nitrogens with two attached hydrogens (primary N) is 1. The van der Waals surface area contributed by atoms with Gasteiger partial charge in [-0.1, -0.05) is 18.2 Å². The monoisotopic (exact) mass is 416 g/mol. The Kier molecular flexibility index (Phi) is 6.77. The lowest BCUT2D eigenvalue weighted by Gasteiger charge is -2.36. The molecule has 0 spiro atoms. The van der Waals surface area contributed by atoms with Crippen LogP contribution in [0.4, 0.5) is 0 Å². The molecule has 2 aliphatic heterocycles. The minimum atomic E-state index is 0.472. The van der Waals surface area contributed by atoms with Crippen LogP contribution in [0.25, 0.3) is 5.70 Å². The maximum atomic E-state index is 6.36. The van der Waals surface area contributed by atoms with Crippen LogP contribution in [0, 0.1) is 0 Å². The fourth-order valence-corrected chi connectivity index (χ4v) is 3.84. The van der Waals surface area contributed by atoms with E-state index in [2.05, 4.69) is 28.9 Å². The highest BCUT2D eigenvalue weighted by Crippen LogP contribution is 2.35. The van der Waals surface area contributed by atoms with Crippen LogP contribution in [0.15, 0.2) is 54.7 Å². The Morgan fingerprint density at radius 3 is 2.52 bits per heavy atom. The first-order valence-corrected chi connectivity index (χ1v) is 10.0. The first kappa shape index (κ1) is 21.1. The van der Waals surface area contributed by atoms with Crippen LogP contribution in [0.1, 0.15) is 18.4 Å². The van der Waals surface area contributed by atoms with E-state index in [0.29, 0.717) is 33.8 Å². The van der Waals surface area contributed by atoms with E-state index in [4.69, 9.17) is 26.8 Å². The fraction of sp³-hybridized carbons (Fsp3) is 0.364. The Morgan fingerprint density at radius 2 is 1.93 bits per heavy atom. The lowest BCUT2D eigenvalue weighted by Crippen LogP contribution is -2.40. The molecule has 1 fully saturated rings. The topological polar surface area (TPSA) is 63.0 Å². The molecular formula is C22H29ClN4O2. The number of methoxy groups -OCH3 is 2. The number of allylic oxidation sites excluding steroid dienone is 2. The van der Waals surface area contributed by atoms with Gasteiger partial charge in [-0.3, -0.25) is 0 Å². The van der Waals surface area contributed by atoms with E-state index in [1.807, 2.05) is 24.3 Å². The van der Waals surface area contributed by atoms with Gasteiger partial charge in [-0.25, -0.2) is 0 Å². The molecule has 0 aromatic heterocycles. The number of halogens is 1. The molecular weight excluding hydrogens is 388 g/mol. The van der Waals surface area contributed by atoms with Gasteiger partial charge >= 0.3 is 0 Å². The number of nitrogens with zero attached hydrogens (tertiary/aromatic N) is 2. The number of piperidine rings is 1. The largest absolute Gasteiger partial charge is 0.496 e. The normalized spacial score (nSPS) is 18.1. The van der Waals surface area contributed by atoms with Crippen LogP contribution in [0.2, 0.25) is 5.02 Å². The number of likely N-dealkylation sites (tertiary alicyclic amines) is 1. The summed E-state index contributed by atoms with van der Waals surface area (Å²) in [5, 5.41) is 3.83. The van der Waals surface area contributed by atoms with Gasteiger partial charge in [0.25, 0.3) is 0 Å². The van der Waals surface area contributed by atoms with Crippen LogP contribution in [0.3, 0.4) is 0 Å². The highest BCUT2D eigenvalue weighted by molar-refractivity contribution is 6.32. The van der Waals surface area contributed by atoms with Gasteiger partial charge in [0, 0.05) is 54.6 Å². The van der Waals surface area contributed by atoms with E-state index in [-0.39, 0.29) is 0 Å². The maximum absolute atomic E-state index is 6.36. The number of hydrogen-bond donors (Lipinski definition) is 2. The van der Waals surface area contributed by atoms with E-state index in [9.17, 15) is 0 Å². The molecule has 6 nitrogen and oxygen atoms in total. The molecule has 0 aliphatic carbocycles. The van der Waals surface area contributed by atoms with E-state index in [0.717, 1.165) is 31.6 Å². The molecule has 156 valence electrons. The quantitative estimate of drug-likeness (QED) is 0.739. The Hall–Kier alpha value is -2.57. The van der Waals surface area contributed by atoms with E-state index < -0.39 is 0 Å². The third-order valence-electron chi connectivity index (χ3n) is 5.38. The SMILES string of the molecule is C=C1C=C(N2CCC(NC)CC2)C=CN1/C=C(\N)c1cc(Cl)c(OC)cc1OC. The Labute approximate surface area is 177 Å². The Morgan fingerprint density at radius 1 is 1.24 bits per heavy atom. The van der Waals surface area contributed by atoms with Crippen molar-refractivity contribution < 1.29 is 9.47 Å². The summed E-state index contributed by atoms with van der Waals surface area (Å²) in [4.78, 5) is 4.29. The van der Waals surface area contributed by atoms with Crippen LogP contribution < -0.4 is 20.5 Å². The fourth-order valence-electron chi connectivity index (χ4n) is 3.60. The number of nitrogens with one attached hydrogen (secondary N) is 1. The van der Waals surface area contributed by atoms with E-state index in [1.165, 1.54) is 5.70 Å². The van der Waals surface area contributed by atoms with Gasteiger partial charge in [-0.05, 0) is 38.1 Å². The molecule has 2 aliphatic rings. The second-order valence-electron chi connectivity index (χ2n) is 7.11. The summed E-state index contributed by atoms with van der Waals surface area (Å²) < 4.78 is 10.7. The molecule has 0 atom stereocenters. The maximum Gasteiger partial charge on any atom is 0.141 e. The molecule has 0 radical (unpaired) electrons. The van der Waals surface area contributed by atoms with Crippen LogP contribution in [-0.4, -0.2) is 50.2 Å². The number of rotatable bonds is 6. The van der Waals surface area contributed by atoms with Crippen molar-refractivity contribution in [1.82, 2.24) is 15.1 Å². The zero-order valence-electron chi connectivity index (χ0n) is 17.2. The van der Waals surface area contributed by atoms with Crippen LogP contribution in [0.5, 0.6) is 11.5 Å². The summed E-state index contributed by atoms with van der Waals surface area (Å²) in [5.41, 5.74) is 9.60. The van der Waals surface area contributed by atoms with Crippen molar-refractivity contribution in [2.45, 2.75) is 18.9 Å². The van der Waals surface area contributed by atoms with Crippen molar-refractivity contribution in [3.63, 3.8) is 0 Å². The van der Waals surface area contributed by atoms with Crippen molar-refractivity contribution in [1.29, 1.82) is 0 Å². The summed E-state index contributed by atoms with van der Waals surface area (Å²) in [6, 6.07) is 4.08. The lowest BCUT2D eigenvalue weighted by atomic mass is 10.0. The predicted octanol–water partition coefficient (Wildman–Crippen LogP) is 3.53. The summed E-state index contributed by atoms with van der Waals surface area (Å²) >= 11 is 6.27. The first-order chi connectivity index (χ1) is 14.0. The summed E-state index contributed by atoms with van der Waals surface area (Å²) in [7, 11) is 5.18. The second-order valence-corrected chi connectivity index (χ2v) is 7.51. The van der Waals surface area contributed by atoms with Gasteiger partial charge in [-0.2, -0.15) is 0 Å². The molecule has 1 aromatic rings. The first-order valence-electron chi connectivity index (χ1n) is 9.65. The highest BCUT2D eigenvalue weighted by Gasteiger charge is 2.20. The average molecular weight is 417 g/mol. The predicted molar refractivity (Wildman–Crippen MR) is 119 cm³/mol. The van der Waals surface area contributed by atoms with E-state index in [1.54, 1.807) is 26.4 Å². The molecule has 3 rings (SSSR count). The number of benzene rings is 1. The Bertz CT molecular complexity index is 855. The molecule has 0 saturated carbocycles. The lowest BCUT2D eigenvalue weighted by molar-refractivity contribution is 0.252. The number of ether oxygens (including phenoxy) is 2. The van der Waals surface area contributed by atoms with Crippen LogP contribution in [-0.2, 0) is 0 Å². The highest BCUT2D eigenvalue weighted by atomic mass is 35.5. The summed E-state index contributed by atoms with van der Waals surface area (Å²) in [5.74, 6) is 1.13. The van der Waals surface area contributed by atoms with Crippen molar-refractivity contribution in [3.8, 4) is 11.5 Å². The van der Waals surface area contributed by atoms with Crippen molar-refractivity contribution in [2.75, 3.05) is 34.4 Å². The molecule has 3 N–H and O–H groups in total. The molecule has 1 saturated heterocycles. The third kappa shape index (κ3) is 4.71. The molecule has 0 amide bonds. The van der Waals surface area contributed by atoms with Gasteiger partial charge in [0.05, 0.1) is 24.9 Å². The molecule has 0 bridgehead atoms. The van der Waals surface area contributed by atoms with Gasteiger partial charge in [-0.15, -0.1) is 0 Å². The number of hydrogen-bond acceptors (Lipinski definition) is 6. The van der Waals surface area contributed by atoms with Gasteiger partial charge < -0.3 is 30.3 Å². The molecule has 0 unspecified atom stereocenters. The van der Waals surface area contributed by atoms with E-state index >= 15 is 0 Å². The van der Waals surface area contributed by atoms with Gasteiger partial charge in [0.1, 0.15) is 11.5 Å². The smallest absolute Gasteiger partial charge is 0.141 e. The summed E-state index contributed by atoms with van der Waals surface area (Å²) in [6.07, 6.45) is 10.3. The molecule has 7 heteroatoms. The van der Waals surface area contributed by atoms with Crippen molar-refractivity contribution in [3.05, 3.63) is 65.2 Å². The standard InChI is InChI=1S/C22H29ClN4O2/c1-15-11-17(26-8-5-16(25-2)6-9-26)7-10-27(15)14-20(24)18-12-19(23)22(29-4)13-21(18)28-3/h7,10-14,16,25H,1,5-6,8-9,24H2,2-4H3/b20-14-. The van der Waals surface area contributed by atoms with Crippen molar-refractivity contribution >= 4 is 17.3 Å². The minimum Gasteiger partial charge on any atom is -0.496 e. The minimum absolute atomic E-state index is 0.472. The molecule has 29 heavy (non-hydrogen) atoms. The molecule has 1 aromatic carbocycles. The molecule has 2 heterocycles. The summed E-state index contributed by atoms with van der Waals surface area (Å²) in [6.45, 7) is 6.26.